The van der Waals surface area contributed by atoms with E-state index in [1.165, 1.54) is 64.7 Å². The zero-order valence-electron chi connectivity index (χ0n) is 13.5. The molecule has 2 N–H and O–H groups in total. The molecule has 0 atom stereocenters. The van der Waals surface area contributed by atoms with E-state index in [1.54, 1.807) is 0 Å². The van der Waals surface area contributed by atoms with E-state index < -0.39 is 0 Å². The zero-order valence-corrected chi connectivity index (χ0v) is 13.5. The van der Waals surface area contributed by atoms with E-state index in [0.29, 0.717) is 5.54 Å². The molecule has 0 amide bonds. The molecule has 1 aliphatic heterocycles. The van der Waals surface area contributed by atoms with Gasteiger partial charge in [0.2, 0.25) is 0 Å². The average Bonchev–Trinajstić information content (AvgIpc) is 3.32. The second-order valence-electron chi connectivity index (χ2n) is 7.76. The van der Waals surface area contributed by atoms with Crippen molar-refractivity contribution in [1.29, 1.82) is 0 Å². The second kappa shape index (κ2) is 5.94. The minimum absolute atomic E-state index is 0.334. The first kappa shape index (κ1) is 14.8. The van der Waals surface area contributed by atoms with Crippen LogP contribution in [-0.2, 0) is 0 Å². The largest absolute Gasteiger partial charge is 0.329 e. The van der Waals surface area contributed by atoms with Gasteiger partial charge in [-0.05, 0) is 50.4 Å². The first-order valence-corrected chi connectivity index (χ1v) is 8.84. The van der Waals surface area contributed by atoms with Gasteiger partial charge in [-0.3, -0.25) is 9.80 Å². The summed E-state index contributed by atoms with van der Waals surface area (Å²) in [5.74, 6) is 1.78. The molecule has 2 aliphatic carbocycles. The van der Waals surface area contributed by atoms with E-state index in [2.05, 4.69) is 23.6 Å². The lowest BCUT2D eigenvalue weighted by Crippen LogP contribution is -2.61. The first-order chi connectivity index (χ1) is 9.64. The van der Waals surface area contributed by atoms with Crippen LogP contribution in [0.25, 0.3) is 0 Å². The number of hydrogen-bond donors (Lipinski definition) is 1. The molecule has 3 aliphatic rings. The summed E-state index contributed by atoms with van der Waals surface area (Å²) in [6.07, 6.45) is 8.32. The monoisotopic (exact) mass is 279 g/mol. The molecule has 20 heavy (non-hydrogen) atoms. The molecule has 3 rings (SSSR count). The van der Waals surface area contributed by atoms with Crippen LogP contribution in [0.1, 0.15) is 52.4 Å². The SMILES string of the molecule is CC(C)C1CCC(CN)(N2CCN(C3CC3)CC2)CC1. The molecule has 0 aromatic heterocycles. The summed E-state index contributed by atoms with van der Waals surface area (Å²) >= 11 is 0. The molecule has 116 valence electrons. The first-order valence-electron chi connectivity index (χ1n) is 8.84. The highest BCUT2D eigenvalue weighted by molar-refractivity contribution is 4.99. The standard InChI is InChI=1S/C17H33N3/c1-14(2)15-5-7-17(13-18,8-6-15)20-11-9-19(10-12-20)16-3-4-16/h14-16H,3-13,18H2,1-2H3. The van der Waals surface area contributed by atoms with Crippen LogP contribution >= 0.6 is 0 Å². The summed E-state index contributed by atoms with van der Waals surface area (Å²) in [4.78, 5) is 5.46. The Morgan fingerprint density at radius 1 is 1.00 bits per heavy atom. The van der Waals surface area contributed by atoms with E-state index in [4.69, 9.17) is 5.73 Å². The maximum absolute atomic E-state index is 6.24. The fourth-order valence-electron chi connectivity index (χ4n) is 4.49. The Balaban J connectivity index is 1.56. The van der Waals surface area contributed by atoms with Crippen LogP contribution in [0.2, 0.25) is 0 Å². The van der Waals surface area contributed by atoms with Crippen molar-refractivity contribution >= 4 is 0 Å². The number of rotatable bonds is 4. The van der Waals surface area contributed by atoms with Crippen LogP contribution in [0.15, 0.2) is 0 Å². The normalized spacial score (nSPS) is 37.5. The highest BCUT2D eigenvalue weighted by Crippen LogP contribution is 2.39. The lowest BCUT2D eigenvalue weighted by Gasteiger charge is -2.51. The van der Waals surface area contributed by atoms with E-state index in [1.807, 2.05) is 0 Å². The van der Waals surface area contributed by atoms with Gasteiger partial charge < -0.3 is 5.73 Å². The Bertz CT molecular complexity index is 308. The van der Waals surface area contributed by atoms with Crippen molar-refractivity contribution in [2.75, 3.05) is 32.7 Å². The van der Waals surface area contributed by atoms with Gasteiger partial charge in [-0.25, -0.2) is 0 Å². The summed E-state index contributed by atoms with van der Waals surface area (Å²) in [6.45, 7) is 10.7. The molecule has 2 saturated carbocycles. The Morgan fingerprint density at radius 3 is 2.05 bits per heavy atom. The maximum Gasteiger partial charge on any atom is 0.0333 e. The zero-order chi connectivity index (χ0) is 14.2. The Kier molecular flexibility index (Phi) is 4.40. The van der Waals surface area contributed by atoms with E-state index in [0.717, 1.165) is 24.4 Å². The van der Waals surface area contributed by atoms with Gasteiger partial charge >= 0.3 is 0 Å². The molecule has 3 fully saturated rings. The third-order valence-corrected chi connectivity index (χ3v) is 6.33. The van der Waals surface area contributed by atoms with Gasteiger partial charge in [0.25, 0.3) is 0 Å². The van der Waals surface area contributed by atoms with E-state index >= 15 is 0 Å². The van der Waals surface area contributed by atoms with Crippen LogP contribution in [0.3, 0.4) is 0 Å². The van der Waals surface area contributed by atoms with Gasteiger partial charge in [0, 0.05) is 44.3 Å². The van der Waals surface area contributed by atoms with Crippen molar-refractivity contribution in [2.45, 2.75) is 64.0 Å². The van der Waals surface area contributed by atoms with Crippen molar-refractivity contribution in [3.8, 4) is 0 Å². The molecular weight excluding hydrogens is 246 g/mol. The summed E-state index contributed by atoms with van der Waals surface area (Å²) in [5, 5.41) is 0. The highest BCUT2D eigenvalue weighted by atomic mass is 15.3. The third-order valence-electron chi connectivity index (χ3n) is 6.33. The highest BCUT2D eigenvalue weighted by Gasteiger charge is 2.42. The van der Waals surface area contributed by atoms with Gasteiger partial charge in [-0.2, -0.15) is 0 Å². The summed E-state index contributed by atoms with van der Waals surface area (Å²) < 4.78 is 0. The smallest absolute Gasteiger partial charge is 0.0333 e. The van der Waals surface area contributed by atoms with Crippen molar-refractivity contribution < 1.29 is 0 Å². The van der Waals surface area contributed by atoms with Crippen molar-refractivity contribution in [3.63, 3.8) is 0 Å². The van der Waals surface area contributed by atoms with Gasteiger partial charge in [0.1, 0.15) is 0 Å². The van der Waals surface area contributed by atoms with Crippen molar-refractivity contribution in [2.24, 2.45) is 17.6 Å². The number of hydrogen-bond acceptors (Lipinski definition) is 3. The van der Waals surface area contributed by atoms with Gasteiger partial charge in [0.05, 0.1) is 0 Å². The number of piperazine rings is 1. The maximum atomic E-state index is 6.24. The molecular formula is C17H33N3. The summed E-state index contributed by atoms with van der Waals surface area (Å²) in [6, 6.07) is 0.933. The predicted molar refractivity (Wildman–Crippen MR) is 84.7 cm³/mol. The van der Waals surface area contributed by atoms with Crippen LogP contribution in [0, 0.1) is 11.8 Å². The molecule has 3 nitrogen and oxygen atoms in total. The van der Waals surface area contributed by atoms with Crippen molar-refractivity contribution in [1.82, 2.24) is 9.80 Å². The van der Waals surface area contributed by atoms with Crippen LogP contribution in [0.4, 0.5) is 0 Å². The second-order valence-corrected chi connectivity index (χ2v) is 7.76. The molecule has 0 unspecified atom stereocenters. The molecule has 1 heterocycles. The van der Waals surface area contributed by atoms with Crippen LogP contribution in [-0.4, -0.2) is 54.1 Å². The quantitative estimate of drug-likeness (QED) is 0.857. The molecule has 0 radical (unpaired) electrons. The van der Waals surface area contributed by atoms with E-state index in [9.17, 15) is 0 Å². The molecule has 0 aromatic carbocycles. The van der Waals surface area contributed by atoms with Crippen LogP contribution < -0.4 is 5.73 Å². The Hall–Kier alpha value is -0.120. The minimum atomic E-state index is 0.334. The Labute approximate surface area is 124 Å². The van der Waals surface area contributed by atoms with Gasteiger partial charge in [0.15, 0.2) is 0 Å². The molecule has 1 saturated heterocycles. The van der Waals surface area contributed by atoms with Crippen molar-refractivity contribution in [3.05, 3.63) is 0 Å². The summed E-state index contributed by atoms with van der Waals surface area (Å²) in [7, 11) is 0. The van der Waals surface area contributed by atoms with E-state index in [-0.39, 0.29) is 0 Å². The lowest BCUT2D eigenvalue weighted by molar-refractivity contribution is -0.00257. The molecule has 0 aromatic rings. The topological polar surface area (TPSA) is 32.5 Å². The molecule has 0 bridgehead atoms. The average molecular weight is 279 g/mol. The predicted octanol–water partition coefficient (Wildman–Crippen LogP) is 2.31. The minimum Gasteiger partial charge on any atom is -0.329 e. The van der Waals surface area contributed by atoms with Crippen LogP contribution in [0.5, 0.6) is 0 Å². The number of nitrogens with two attached hydrogens (primary N) is 1. The fraction of sp³-hybridized carbons (Fsp3) is 1.00. The lowest BCUT2D eigenvalue weighted by atomic mass is 9.72. The van der Waals surface area contributed by atoms with Gasteiger partial charge in [-0.15, -0.1) is 0 Å². The summed E-state index contributed by atoms with van der Waals surface area (Å²) in [5.41, 5.74) is 6.58. The Morgan fingerprint density at radius 2 is 1.60 bits per heavy atom. The molecule has 0 spiro atoms. The number of nitrogens with zero attached hydrogens (tertiary/aromatic N) is 2. The third kappa shape index (κ3) is 2.90. The molecule has 3 heteroatoms. The fourth-order valence-corrected chi connectivity index (χ4v) is 4.49. The van der Waals surface area contributed by atoms with Gasteiger partial charge in [-0.1, -0.05) is 13.8 Å².